The summed E-state index contributed by atoms with van der Waals surface area (Å²) in [5, 5.41) is 2.71. The number of carbonyl (C=O) groups excluding carboxylic acids is 1. The van der Waals surface area contributed by atoms with Gasteiger partial charge in [0.05, 0.1) is 11.4 Å². The maximum Gasteiger partial charge on any atom is 0.248 e. The van der Waals surface area contributed by atoms with Gasteiger partial charge >= 0.3 is 0 Å². The molecule has 0 saturated carbocycles. The minimum absolute atomic E-state index is 0.235. The molecule has 0 radical (unpaired) electrons. The fraction of sp³-hybridized carbons (Fsp3) is 0. The van der Waals surface area contributed by atoms with E-state index in [4.69, 9.17) is 5.73 Å². The Morgan fingerprint density at radius 2 is 2.05 bits per heavy atom. The fourth-order valence-corrected chi connectivity index (χ4v) is 1.68. The molecule has 0 atom stereocenters. The minimum atomic E-state index is -0.235. The summed E-state index contributed by atoms with van der Waals surface area (Å²) in [6.07, 6.45) is 4.80. The van der Waals surface area contributed by atoms with Gasteiger partial charge < -0.3 is 11.1 Å². The van der Waals surface area contributed by atoms with Crippen molar-refractivity contribution in [2.45, 2.75) is 0 Å². The third-order valence-corrected chi connectivity index (χ3v) is 2.87. The van der Waals surface area contributed by atoms with E-state index in [2.05, 4.69) is 26.2 Å². The molecule has 0 aliphatic heterocycles. The Bertz CT molecular complexity index is 608. The van der Waals surface area contributed by atoms with Crippen molar-refractivity contribution in [3.8, 4) is 0 Å². The van der Waals surface area contributed by atoms with E-state index < -0.39 is 0 Å². The number of aromatic nitrogens is 1. The van der Waals surface area contributed by atoms with Crippen LogP contribution in [-0.4, -0.2) is 10.9 Å². The van der Waals surface area contributed by atoms with E-state index in [9.17, 15) is 4.79 Å². The highest BCUT2D eigenvalue weighted by molar-refractivity contribution is 9.10. The third-order valence-electron chi connectivity index (χ3n) is 2.40. The quantitative estimate of drug-likeness (QED) is 0.519. The lowest BCUT2D eigenvalue weighted by atomic mass is 10.2. The molecule has 1 heterocycles. The number of halogens is 1. The van der Waals surface area contributed by atoms with E-state index in [-0.39, 0.29) is 5.91 Å². The fourth-order valence-electron chi connectivity index (χ4n) is 1.44. The summed E-state index contributed by atoms with van der Waals surface area (Å²) >= 11 is 3.25. The summed E-state index contributed by atoms with van der Waals surface area (Å²) in [6, 6.07) is 10.8. The summed E-state index contributed by atoms with van der Waals surface area (Å²) < 4.78 is 0.756. The van der Waals surface area contributed by atoms with Gasteiger partial charge in [-0.2, -0.15) is 0 Å². The molecule has 2 rings (SSSR count). The molecule has 1 aromatic carbocycles. The van der Waals surface area contributed by atoms with Gasteiger partial charge in [-0.05, 0) is 45.8 Å². The lowest BCUT2D eigenvalue weighted by Crippen LogP contribution is -2.09. The second-order valence-electron chi connectivity index (χ2n) is 3.82. The van der Waals surface area contributed by atoms with Crippen LogP contribution in [0.15, 0.2) is 53.3 Å². The Hall–Kier alpha value is -2.14. The smallest absolute Gasteiger partial charge is 0.248 e. The molecular formula is C14H12BrN3O. The number of hydrogen-bond donors (Lipinski definition) is 2. The number of hydrogen-bond acceptors (Lipinski definition) is 3. The SMILES string of the molecule is Nc1ccccc1NC(=O)/C=C/c1ccc(Br)nc1. The van der Waals surface area contributed by atoms with Crippen LogP contribution in [-0.2, 0) is 4.79 Å². The highest BCUT2D eigenvalue weighted by atomic mass is 79.9. The largest absolute Gasteiger partial charge is 0.397 e. The standard InChI is InChI=1S/C14H12BrN3O/c15-13-7-5-10(9-17-13)6-8-14(19)18-12-4-2-1-3-11(12)16/h1-9H,16H2,(H,18,19)/b8-6+. The molecule has 5 heteroatoms. The van der Waals surface area contributed by atoms with Crippen LogP contribution in [0.5, 0.6) is 0 Å². The number of pyridine rings is 1. The topological polar surface area (TPSA) is 68.0 Å². The Kier molecular flexibility index (Phi) is 4.30. The lowest BCUT2D eigenvalue weighted by Gasteiger charge is -2.04. The van der Waals surface area contributed by atoms with Crippen LogP contribution in [0.4, 0.5) is 11.4 Å². The minimum Gasteiger partial charge on any atom is -0.397 e. The number of amides is 1. The van der Waals surface area contributed by atoms with Crippen LogP contribution < -0.4 is 11.1 Å². The maximum absolute atomic E-state index is 11.7. The average molecular weight is 318 g/mol. The molecule has 0 spiro atoms. The monoisotopic (exact) mass is 317 g/mol. The normalized spacial score (nSPS) is 10.6. The maximum atomic E-state index is 11.7. The number of nitrogen functional groups attached to an aromatic ring is 1. The number of para-hydroxylation sites is 2. The van der Waals surface area contributed by atoms with Crippen LogP contribution >= 0.6 is 15.9 Å². The van der Waals surface area contributed by atoms with Crippen molar-refractivity contribution in [1.29, 1.82) is 0 Å². The molecule has 0 saturated heterocycles. The molecule has 0 aliphatic rings. The van der Waals surface area contributed by atoms with Crippen molar-refractivity contribution in [1.82, 2.24) is 4.98 Å². The van der Waals surface area contributed by atoms with Crippen molar-refractivity contribution >= 4 is 39.3 Å². The molecule has 0 aliphatic carbocycles. The lowest BCUT2D eigenvalue weighted by molar-refractivity contribution is -0.111. The van der Waals surface area contributed by atoms with Gasteiger partial charge in [0, 0.05) is 12.3 Å². The molecule has 96 valence electrons. The molecular weight excluding hydrogens is 306 g/mol. The van der Waals surface area contributed by atoms with Crippen molar-refractivity contribution in [3.63, 3.8) is 0 Å². The summed E-state index contributed by atoms with van der Waals surface area (Å²) in [4.78, 5) is 15.8. The first-order chi connectivity index (χ1) is 9.15. The van der Waals surface area contributed by atoms with Gasteiger partial charge in [-0.1, -0.05) is 18.2 Å². The van der Waals surface area contributed by atoms with E-state index in [1.807, 2.05) is 24.3 Å². The number of nitrogens with two attached hydrogens (primary N) is 1. The molecule has 3 N–H and O–H groups in total. The van der Waals surface area contributed by atoms with Crippen molar-refractivity contribution in [2.75, 3.05) is 11.1 Å². The molecule has 0 fully saturated rings. The first-order valence-corrected chi connectivity index (χ1v) is 6.39. The zero-order valence-electron chi connectivity index (χ0n) is 10.0. The molecule has 4 nitrogen and oxygen atoms in total. The second kappa shape index (κ2) is 6.15. The van der Waals surface area contributed by atoms with Crippen LogP contribution in [0, 0.1) is 0 Å². The van der Waals surface area contributed by atoms with Crippen LogP contribution in [0.25, 0.3) is 6.08 Å². The van der Waals surface area contributed by atoms with E-state index in [1.54, 1.807) is 24.4 Å². The summed E-state index contributed by atoms with van der Waals surface area (Å²) in [5.74, 6) is -0.235. The highest BCUT2D eigenvalue weighted by Gasteiger charge is 2.00. The van der Waals surface area contributed by atoms with Gasteiger partial charge in [-0.25, -0.2) is 4.98 Å². The van der Waals surface area contributed by atoms with Crippen molar-refractivity contribution in [2.24, 2.45) is 0 Å². The molecule has 1 amide bonds. The van der Waals surface area contributed by atoms with Crippen LogP contribution in [0.2, 0.25) is 0 Å². The van der Waals surface area contributed by atoms with Gasteiger partial charge in [0.25, 0.3) is 0 Å². The molecule has 1 aromatic heterocycles. The Morgan fingerprint density at radius 1 is 1.26 bits per heavy atom. The predicted octanol–water partition coefficient (Wildman–Crippen LogP) is 3.08. The summed E-state index contributed by atoms with van der Waals surface area (Å²) in [5.41, 5.74) is 7.72. The predicted molar refractivity (Wildman–Crippen MR) is 80.5 cm³/mol. The first kappa shape index (κ1) is 13.3. The van der Waals surface area contributed by atoms with Gasteiger partial charge in [-0.3, -0.25) is 4.79 Å². The van der Waals surface area contributed by atoms with Gasteiger partial charge in [0.2, 0.25) is 5.91 Å². The van der Waals surface area contributed by atoms with Gasteiger partial charge in [0.1, 0.15) is 4.60 Å². The molecule has 19 heavy (non-hydrogen) atoms. The second-order valence-corrected chi connectivity index (χ2v) is 4.64. The Morgan fingerprint density at radius 3 is 2.74 bits per heavy atom. The van der Waals surface area contributed by atoms with Crippen LogP contribution in [0.3, 0.4) is 0 Å². The van der Waals surface area contributed by atoms with E-state index in [0.717, 1.165) is 10.2 Å². The zero-order chi connectivity index (χ0) is 13.7. The molecule has 0 unspecified atom stereocenters. The van der Waals surface area contributed by atoms with Crippen molar-refractivity contribution < 1.29 is 4.79 Å². The number of anilines is 2. The van der Waals surface area contributed by atoms with Gasteiger partial charge in [-0.15, -0.1) is 0 Å². The van der Waals surface area contributed by atoms with E-state index in [0.29, 0.717) is 11.4 Å². The number of rotatable bonds is 3. The highest BCUT2D eigenvalue weighted by Crippen LogP contribution is 2.16. The number of nitrogens with one attached hydrogen (secondary N) is 1. The summed E-state index contributed by atoms with van der Waals surface area (Å²) in [7, 11) is 0. The van der Waals surface area contributed by atoms with Gasteiger partial charge in [0.15, 0.2) is 0 Å². The number of nitrogens with zero attached hydrogens (tertiary/aromatic N) is 1. The average Bonchev–Trinajstić information content (AvgIpc) is 2.41. The van der Waals surface area contributed by atoms with Crippen LogP contribution in [0.1, 0.15) is 5.56 Å². The first-order valence-electron chi connectivity index (χ1n) is 5.60. The number of carbonyl (C=O) groups is 1. The number of benzene rings is 1. The van der Waals surface area contributed by atoms with E-state index in [1.165, 1.54) is 6.08 Å². The zero-order valence-corrected chi connectivity index (χ0v) is 11.6. The van der Waals surface area contributed by atoms with E-state index >= 15 is 0 Å². The van der Waals surface area contributed by atoms with Crippen molar-refractivity contribution in [3.05, 3.63) is 58.8 Å². The Balaban J connectivity index is 2.02. The molecule has 0 bridgehead atoms. The Labute approximate surface area is 119 Å². The third kappa shape index (κ3) is 3.93. The molecule has 2 aromatic rings. The summed E-state index contributed by atoms with van der Waals surface area (Å²) in [6.45, 7) is 0.